The molecule has 0 aliphatic heterocycles. The Hall–Kier alpha value is -4.15. The van der Waals surface area contributed by atoms with E-state index in [1.807, 2.05) is 52.0 Å². The van der Waals surface area contributed by atoms with E-state index in [-0.39, 0.29) is 9.79 Å². The summed E-state index contributed by atoms with van der Waals surface area (Å²) in [6, 6.07) is 23.0. The average molecular weight is 592 g/mol. The first-order valence-corrected chi connectivity index (χ1v) is 15.9. The number of hydrogen-bond donors (Lipinski definition) is 2. The molecule has 0 saturated heterocycles. The van der Waals surface area contributed by atoms with Crippen LogP contribution in [0.2, 0.25) is 0 Å². The lowest BCUT2D eigenvalue weighted by Gasteiger charge is -2.26. The summed E-state index contributed by atoms with van der Waals surface area (Å²) in [7, 11) is -7.94. The van der Waals surface area contributed by atoms with Crippen LogP contribution < -0.4 is 14.3 Å². The highest BCUT2D eigenvalue weighted by Gasteiger charge is 2.28. The molecular weight excluding hydrogens is 558 g/mol. The first kappa shape index (κ1) is 29.8. The molecule has 214 valence electrons. The van der Waals surface area contributed by atoms with Gasteiger partial charge in [0.05, 0.1) is 21.2 Å². The van der Waals surface area contributed by atoms with Crippen LogP contribution in [0.5, 0.6) is 0 Å². The van der Waals surface area contributed by atoms with Crippen LogP contribution in [0.1, 0.15) is 27.8 Å². The van der Waals surface area contributed by atoms with Gasteiger partial charge in [0.25, 0.3) is 20.0 Å². The number of sulfonamides is 2. The standard InChI is InChI=1S/C31H33N3O5S2/c1-21-9-14-28(15-10-21)41(38,39)34(29-18-11-22(2)19-25(29)5)20-30(35)32-26-12-16-27(17-13-26)40(36,37)33-31-23(3)7-6-8-24(31)4/h6-19,33H,20H2,1-5H3,(H,32,35). The van der Waals surface area contributed by atoms with Gasteiger partial charge in [0.1, 0.15) is 6.54 Å². The predicted octanol–water partition coefficient (Wildman–Crippen LogP) is 5.86. The number of carbonyl (C=O) groups is 1. The molecule has 2 N–H and O–H groups in total. The molecule has 0 spiro atoms. The molecule has 4 rings (SSSR count). The lowest BCUT2D eigenvalue weighted by Crippen LogP contribution is -2.38. The smallest absolute Gasteiger partial charge is 0.264 e. The van der Waals surface area contributed by atoms with Crippen molar-refractivity contribution < 1.29 is 21.6 Å². The fraction of sp³-hybridized carbons (Fsp3) is 0.194. The Morgan fingerprint density at radius 1 is 0.683 bits per heavy atom. The van der Waals surface area contributed by atoms with Crippen LogP contribution >= 0.6 is 0 Å². The lowest BCUT2D eigenvalue weighted by atomic mass is 10.1. The summed E-state index contributed by atoms with van der Waals surface area (Å²) in [5.74, 6) is -0.579. The third-order valence-corrected chi connectivity index (χ3v) is 9.82. The largest absolute Gasteiger partial charge is 0.325 e. The number of para-hydroxylation sites is 1. The van der Waals surface area contributed by atoms with Crippen molar-refractivity contribution in [2.45, 2.75) is 44.4 Å². The van der Waals surface area contributed by atoms with Crippen LogP contribution in [-0.2, 0) is 24.8 Å². The highest BCUT2D eigenvalue weighted by Crippen LogP contribution is 2.28. The molecule has 0 heterocycles. The van der Waals surface area contributed by atoms with E-state index in [1.54, 1.807) is 31.2 Å². The van der Waals surface area contributed by atoms with Crippen molar-refractivity contribution in [3.63, 3.8) is 0 Å². The minimum Gasteiger partial charge on any atom is -0.325 e. The topological polar surface area (TPSA) is 113 Å². The van der Waals surface area contributed by atoms with Gasteiger partial charge in [-0.05, 0) is 93.8 Å². The zero-order valence-corrected chi connectivity index (χ0v) is 25.2. The number of rotatable bonds is 9. The summed E-state index contributed by atoms with van der Waals surface area (Å²) in [6.45, 7) is 8.73. The van der Waals surface area contributed by atoms with Gasteiger partial charge in [-0.1, -0.05) is 53.6 Å². The SMILES string of the molecule is Cc1ccc(S(=O)(=O)N(CC(=O)Nc2ccc(S(=O)(=O)Nc3c(C)cccc3C)cc2)c2ccc(C)cc2C)cc1. The van der Waals surface area contributed by atoms with Crippen LogP contribution in [-0.4, -0.2) is 29.3 Å². The van der Waals surface area contributed by atoms with Gasteiger partial charge in [-0.2, -0.15) is 0 Å². The third-order valence-electron chi connectivity index (χ3n) is 6.68. The first-order chi connectivity index (χ1) is 19.3. The zero-order valence-electron chi connectivity index (χ0n) is 23.6. The van der Waals surface area contributed by atoms with Crippen LogP contribution in [0.4, 0.5) is 17.1 Å². The van der Waals surface area contributed by atoms with Gasteiger partial charge >= 0.3 is 0 Å². The quantitative estimate of drug-likeness (QED) is 0.253. The summed E-state index contributed by atoms with van der Waals surface area (Å²) in [5.41, 5.74) is 5.42. The molecule has 41 heavy (non-hydrogen) atoms. The molecule has 1 amide bonds. The maximum Gasteiger partial charge on any atom is 0.264 e. The molecule has 0 atom stereocenters. The van der Waals surface area contributed by atoms with Gasteiger partial charge in [-0.25, -0.2) is 16.8 Å². The molecule has 0 aromatic heterocycles. The van der Waals surface area contributed by atoms with Crippen LogP contribution in [0, 0.1) is 34.6 Å². The van der Waals surface area contributed by atoms with E-state index in [4.69, 9.17) is 0 Å². The van der Waals surface area contributed by atoms with Crippen molar-refractivity contribution in [2.24, 2.45) is 0 Å². The van der Waals surface area contributed by atoms with Crippen molar-refractivity contribution >= 4 is 43.0 Å². The number of carbonyl (C=O) groups excluding carboxylic acids is 1. The number of hydrogen-bond acceptors (Lipinski definition) is 5. The van der Waals surface area contributed by atoms with E-state index in [0.717, 1.165) is 26.6 Å². The van der Waals surface area contributed by atoms with Gasteiger partial charge < -0.3 is 5.32 Å². The Morgan fingerprint density at radius 3 is 1.83 bits per heavy atom. The fourth-order valence-corrected chi connectivity index (χ4v) is 7.13. The highest BCUT2D eigenvalue weighted by atomic mass is 32.2. The number of amides is 1. The summed E-state index contributed by atoms with van der Waals surface area (Å²) in [5, 5.41) is 2.69. The number of anilines is 3. The summed E-state index contributed by atoms with van der Waals surface area (Å²) in [4.78, 5) is 13.3. The molecule has 0 saturated carbocycles. The van der Waals surface area contributed by atoms with Crippen molar-refractivity contribution in [2.75, 3.05) is 20.9 Å². The molecule has 0 aliphatic carbocycles. The van der Waals surface area contributed by atoms with Crippen molar-refractivity contribution in [1.82, 2.24) is 0 Å². The average Bonchev–Trinajstić information content (AvgIpc) is 2.90. The van der Waals surface area contributed by atoms with Gasteiger partial charge in [-0.3, -0.25) is 13.8 Å². The molecular formula is C31H33N3O5S2. The van der Waals surface area contributed by atoms with Crippen molar-refractivity contribution in [1.29, 1.82) is 0 Å². The van der Waals surface area contributed by atoms with Gasteiger partial charge in [0, 0.05) is 5.69 Å². The van der Waals surface area contributed by atoms with E-state index in [9.17, 15) is 21.6 Å². The lowest BCUT2D eigenvalue weighted by molar-refractivity contribution is -0.114. The third kappa shape index (κ3) is 6.78. The molecule has 0 unspecified atom stereocenters. The summed E-state index contributed by atoms with van der Waals surface area (Å²) < 4.78 is 57.1. The monoisotopic (exact) mass is 591 g/mol. The van der Waals surface area contributed by atoms with E-state index in [2.05, 4.69) is 10.0 Å². The maximum atomic E-state index is 13.7. The van der Waals surface area contributed by atoms with Crippen LogP contribution in [0.25, 0.3) is 0 Å². The Labute approximate surface area is 242 Å². The maximum absolute atomic E-state index is 13.7. The Bertz CT molecular complexity index is 1780. The van der Waals surface area contributed by atoms with E-state index in [1.165, 1.54) is 36.4 Å². The second-order valence-corrected chi connectivity index (χ2v) is 13.6. The second kappa shape index (κ2) is 11.8. The Balaban J connectivity index is 1.57. The molecule has 4 aromatic rings. The van der Waals surface area contributed by atoms with Crippen LogP contribution in [0.15, 0.2) is 94.7 Å². The van der Waals surface area contributed by atoms with Crippen molar-refractivity contribution in [3.8, 4) is 0 Å². The van der Waals surface area contributed by atoms with Gasteiger partial charge in [-0.15, -0.1) is 0 Å². The molecule has 0 fully saturated rings. The highest BCUT2D eigenvalue weighted by molar-refractivity contribution is 7.93. The molecule has 10 heteroatoms. The predicted molar refractivity (Wildman–Crippen MR) is 163 cm³/mol. The zero-order chi connectivity index (χ0) is 29.9. The van der Waals surface area contributed by atoms with E-state index < -0.39 is 32.5 Å². The Morgan fingerprint density at radius 2 is 1.24 bits per heavy atom. The summed E-state index contributed by atoms with van der Waals surface area (Å²) in [6.07, 6.45) is 0. The normalized spacial score (nSPS) is 11.6. The molecule has 0 radical (unpaired) electrons. The molecule has 4 aromatic carbocycles. The van der Waals surface area contributed by atoms with Crippen LogP contribution in [0.3, 0.4) is 0 Å². The number of benzene rings is 4. The first-order valence-electron chi connectivity index (χ1n) is 12.9. The van der Waals surface area contributed by atoms with Gasteiger partial charge in [0.2, 0.25) is 5.91 Å². The minimum absolute atomic E-state index is 0.0250. The Kier molecular flexibility index (Phi) is 8.55. The number of nitrogens with one attached hydrogen (secondary N) is 2. The molecule has 0 bridgehead atoms. The van der Waals surface area contributed by atoms with Gasteiger partial charge in [0.15, 0.2) is 0 Å². The number of nitrogens with zero attached hydrogens (tertiary/aromatic N) is 1. The second-order valence-electron chi connectivity index (χ2n) is 10.1. The summed E-state index contributed by atoms with van der Waals surface area (Å²) >= 11 is 0. The van der Waals surface area contributed by atoms with E-state index in [0.29, 0.717) is 22.6 Å². The molecule has 0 aliphatic rings. The van der Waals surface area contributed by atoms with E-state index >= 15 is 0 Å². The fourth-order valence-electron chi connectivity index (χ4n) is 4.44. The van der Waals surface area contributed by atoms with Crippen molar-refractivity contribution in [3.05, 3.63) is 113 Å². The molecule has 8 nitrogen and oxygen atoms in total. The number of aryl methyl sites for hydroxylation is 5. The minimum atomic E-state index is -4.07.